The second kappa shape index (κ2) is 10.9. The van der Waals surface area contributed by atoms with Gasteiger partial charge >= 0.3 is 167 Å². The van der Waals surface area contributed by atoms with Crippen LogP contribution in [0.1, 0.15) is 0 Å². The minimum absolute atomic E-state index is 0.244. The Morgan fingerprint density at radius 3 is 2.15 bits per heavy atom. The summed E-state index contributed by atoms with van der Waals surface area (Å²) in [5.74, 6) is 0.893. The average Bonchev–Trinajstić information content (AvgIpc) is 2.72. The number of ether oxygens (including phenoxy) is 3. The fourth-order valence-electron chi connectivity index (χ4n) is 2.66. The predicted molar refractivity (Wildman–Crippen MR) is 112 cm³/mol. The number of rotatable bonds is 10. The summed E-state index contributed by atoms with van der Waals surface area (Å²) in [5.41, 5.74) is 2.36. The van der Waals surface area contributed by atoms with Gasteiger partial charge in [0.15, 0.2) is 0 Å². The van der Waals surface area contributed by atoms with Crippen LogP contribution in [0.25, 0.3) is 11.1 Å². The van der Waals surface area contributed by atoms with Gasteiger partial charge in [0, 0.05) is 0 Å². The van der Waals surface area contributed by atoms with Gasteiger partial charge in [0.05, 0.1) is 0 Å². The first-order valence-electron chi connectivity index (χ1n) is 8.99. The predicted octanol–water partition coefficient (Wildman–Crippen LogP) is 3.05. The van der Waals surface area contributed by atoms with E-state index >= 15 is 0 Å². The van der Waals surface area contributed by atoms with Crippen LogP contribution in [0.5, 0.6) is 5.75 Å². The van der Waals surface area contributed by atoms with Gasteiger partial charge in [-0.2, -0.15) is 0 Å². The van der Waals surface area contributed by atoms with Gasteiger partial charge in [-0.1, -0.05) is 0 Å². The Hall–Kier alpha value is -2.10. The zero-order valence-electron chi connectivity index (χ0n) is 15.5. The molecule has 3 nitrogen and oxygen atoms in total. The number of methoxy groups -OCH3 is 1. The third-order valence-electron chi connectivity index (χ3n) is 3.95. The van der Waals surface area contributed by atoms with E-state index in [0.717, 1.165) is 11.3 Å². The van der Waals surface area contributed by atoms with E-state index in [9.17, 15) is 0 Å². The van der Waals surface area contributed by atoms with Gasteiger partial charge in [-0.25, -0.2) is 0 Å². The van der Waals surface area contributed by atoms with E-state index in [2.05, 4.69) is 66.7 Å². The number of benzene rings is 3. The van der Waals surface area contributed by atoms with E-state index in [4.69, 9.17) is 14.2 Å². The molecular weight excluding hydrogens is 403 g/mol. The normalized spacial score (nSPS) is 10.7. The molecule has 4 heteroatoms. The molecule has 0 aliphatic heterocycles. The van der Waals surface area contributed by atoms with Crippen molar-refractivity contribution in [3.63, 3.8) is 0 Å². The molecule has 0 unspecified atom stereocenters. The molecule has 0 aliphatic carbocycles. The molecule has 0 saturated carbocycles. The summed E-state index contributed by atoms with van der Waals surface area (Å²) in [6, 6.07) is 27.4. The van der Waals surface area contributed by atoms with Gasteiger partial charge in [-0.15, -0.1) is 0 Å². The Bertz CT molecular complexity index is 821. The van der Waals surface area contributed by atoms with E-state index in [1.54, 1.807) is 7.11 Å². The van der Waals surface area contributed by atoms with E-state index in [-0.39, 0.29) is 15.0 Å². The molecule has 0 saturated heterocycles. The van der Waals surface area contributed by atoms with Crippen LogP contribution in [-0.4, -0.2) is 48.5 Å². The van der Waals surface area contributed by atoms with Crippen LogP contribution in [0.4, 0.5) is 0 Å². The quantitative estimate of drug-likeness (QED) is 0.368. The molecule has 0 aliphatic rings. The fraction of sp³-hybridized carbons (Fsp3) is 0.217. The fourth-order valence-corrected chi connectivity index (χ4v) is 4.72. The first-order chi connectivity index (χ1) is 13.4. The molecule has 3 rings (SSSR count). The topological polar surface area (TPSA) is 27.7 Å². The van der Waals surface area contributed by atoms with Crippen LogP contribution >= 0.6 is 0 Å². The number of para-hydroxylation sites is 1. The molecule has 0 N–H and O–H groups in total. The first-order valence-corrected chi connectivity index (χ1v) is 10.7. The molecule has 0 spiro atoms. The molecule has 27 heavy (non-hydrogen) atoms. The number of hydrogen-bond acceptors (Lipinski definition) is 3. The molecule has 140 valence electrons. The zero-order chi connectivity index (χ0) is 18.7. The molecule has 0 aromatic heterocycles. The van der Waals surface area contributed by atoms with Crippen LogP contribution in [0, 0.1) is 0 Å². The summed E-state index contributed by atoms with van der Waals surface area (Å²) in [4.78, 5) is 0. The average molecular weight is 427 g/mol. The van der Waals surface area contributed by atoms with Crippen molar-refractivity contribution in [2.24, 2.45) is 0 Å². The second-order valence-corrected chi connectivity index (χ2v) is 8.20. The van der Waals surface area contributed by atoms with Crippen molar-refractivity contribution in [1.29, 1.82) is 0 Å². The van der Waals surface area contributed by atoms with Crippen LogP contribution in [-0.2, 0) is 9.47 Å². The summed E-state index contributed by atoms with van der Waals surface area (Å²) in [6.07, 6.45) is 0. The second-order valence-electron chi connectivity index (χ2n) is 5.86. The van der Waals surface area contributed by atoms with Crippen molar-refractivity contribution in [2.45, 2.75) is 0 Å². The Labute approximate surface area is 167 Å². The van der Waals surface area contributed by atoms with Gasteiger partial charge in [0.25, 0.3) is 0 Å². The molecule has 0 radical (unpaired) electrons. The van der Waals surface area contributed by atoms with Gasteiger partial charge < -0.3 is 0 Å². The zero-order valence-corrected chi connectivity index (χ0v) is 17.2. The third kappa shape index (κ3) is 5.95. The first kappa shape index (κ1) is 19.7. The van der Waals surface area contributed by atoms with Gasteiger partial charge in [-0.3, -0.25) is 0 Å². The maximum absolute atomic E-state index is 6.02. The summed E-state index contributed by atoms with van der Waals surface area (Å²) >= 11 is 0.244. The van der Waals surface area contributed by atoms with Crippen LogP contribution < -0.4 is 13.7 Å². The standard InChI is InChI=1S/C23H24O3Se/c1-24-15-16-25-17-18-26-22-13-7-5-11-20(22)21-12-6-8-14-23(21)27-19-9-3-2-4-10-19/h2-14H,15-18H2,1H3. The Morgan fingerprint density at radius 2 is 1.33 bits per heavy atom. The van der Waals surface area contributed by atoms with Crippen molar-refractivity contribution >= 4 is 23.9 Å². The molecule has 0 amide bonds. The molecule has 3 aromatic carbocycles. The van der Waals surface area contributed by atoms with Crippen molar-refractivity contribution in [3.05, 3.63) is 78.9 Å². The molecular formula is C23H24O3Se. The van der Waals surface area contributed by atoms with E-state index in [0.29, 0.717) is 26.4 Å². The van der Waals surface area contributed by atoms with E-state index in [1.165, 1.54) is 14.5 Å². The van der Waals surface area contributed by atoms with Crippen molar-refractivity contribution in [1.82, 2.24) is 0 Å². The SMILES string of the molecule is COCCOCCOc1ccccc1-c1ccccc1[Se]c1ccccc1. The molecule has 0 bridgehead atoms. The van der Waals surface area contributed by atoms with Crippen molar-refractivity contribution < 1.29 is 14.2 Å². The monoisotopic (exact) mass is 428 g/mol. The van der Waals surface area contributed by atoms with E-state index in [1.807, 2.05) is 12.1 Å². The molecule has 0 heterocycles. The number of hydrogen-bond donors (Lipinski definition) is 0. The third-order valence-corrected chi connectivity index (χ3v) is 6.23. The van der Waals surface area contributed by atoms with Crippen molar-refractivity contribution in [2.75, 3.05) is 33.5 Å². The van der Waals surface area contributed by atoms with Gasteiger partial charge in [0.2, 0.25) is 0 Å². The minimum atomic E-state index is 0.244. The molecule has 0 fully saturated rings. The van der Waals surface area contributed by atoms with Gasteiger partial charge in [-0.05, 0) is 0 Å². The Morgan fingerprint density at radius 1 is 0.667 bits per heavy atom. The molecule has 3 aromatic rings. The molecule has 0 atom stereocenters. The summed E-state index contributed by atoms with van der Waals surface area (Å²) in [6.45, 7) is 2.26. The Balaban J connectivity index is 1.75. The maximum atomic E-state index is 6.02. The van der Waals surface area contributed by atoms with Crippen LogP contribution in [0.15, 0.2) is 78.9 Å². The van der Waals surface area contributed by atoms with Crippen molar-refractivity contribution in [3.8, 4) is 16.9 Å². The Kier molecular flexibility index (Phi) is 7.94. The summed E-state index contributed by atoms with van der Waals surface area (Å²) in [5, 5.41) is 0. The van der Waals surface area contributed by atoms with Gasteiger partial charge in [0.1, 0.15) is 0 Å². The van der Waals surface area contributed by atoms with E-state index < -0.39 is 0 Å². The summed E-state index contributed by atoms with van der Waals surface area (Å²) in [7, 11) is 1.67. The summed E-state index contributed by atoms with van der Waals surface area (Å²) < 4.78 is 19.2. The van der Waals surface area contributed by atoms with Crippen LogP contribution in [0.2, 0.25) is 0 Å². The van der Waals surface area contributed by atoms with Crippen LogP contribution in [0.3, 0.4) is 0 Å².